The maximum absolute atomic E-state index is 6.44. The van der Waals surface area contributed by atoms with Crippen molar-refractivity contribution < 1.29 is 4.42 Å². The number of nitrogens with zero attached hydrogens (tertiary/aromatic N) is 2. The van der Waals surface area contributed by atoms with Crippen molar-refractivity contribution in [1.82, 2.24) is 9.97 Å². The second kappa shape index (κ2) is 10.0. The summed E-state index contributed by atoms with van der Waals surface area (Å²) in [5.41, 5.74) is 11.2. The number of benzene rings is 6. The van der Waals surface area contributed by atoms with Crippen LogP contribution in [-0.2, 0) is 0 Å². The van der Waals surface area contributed by atoms with Gasteiger partial charge in [-0.1, -0.05) is 115 Å². The molecule has 0 aliphatic rings. The molecule has 4 heteroatoms. The number of rotatable bonds is 4. The van der Waals surface area contributed by atoms with Crippen LogP contribution in [0.5, 0.6) is 0 Å². The highest BCUT2D eigenvalue weighted by atomic mass is 32.1. The van der Waals surface area contributed by atoms with Gasteiger partial charge in [-0.2, -0.15) is 0 Å². The molecule has 0 fully saturated rings. The zero-order chi connectivity index (χ0) is 29.0. The molecule has 0 amide bonds. The third kappa shape index (κ3) is 4.03. The molecule has 3 nitrogen and oxygen atoms in total. The van der Waals surface area contributed by atoms with E-state index in [9.17, 15) is 0 Å². The van der Waals surface area contributed by atoms with E-state index in [1.54, 1.807) is 6.33 Å². The summed E-state index contributed by atoms with van der Waals surface area (Å²) >= 11 is 1.85. The molecule has 0 radical (unpaired) electrons. The van der Waals surface area contributed by atoms with Gasteiger partial charge in [0.1, 0.15) is 23.1 Å². The van der Waals surface area contributed by atoms with Crippen molar-refractivity contribution in [3.05, 3.63) is 146 Å². The molecule has 206 valence electrons. The minimum absolute atomic E-state index is 0.705. The van der Waals surface area contributed by atoms with Gasteiger partial charge in [-0.25, -0.2) is 9.97 Å². The van der Waals surface area contributed by atoms with Crippen molar-refractivity contribution in [2.45, 2.75) is 0 Å². The first-order chi connectivity index (χ1) is 21.8. The summed E-state index contributed by atoms with van der Waals surface area (Å²) in [4.78, 5) is 9.41. The van der Waals surface area contributed by atoms with Crippen LogP contribution in [0, 0.1) is 0 Å². The number of hydrogen-bond donors (Lipinski definition) is 0. The lowest BCUT2D eigenvalue weighted by Crippen LogP contribution is -1.88. The molecule has 0 aliphatic carbocycles. The van der Waals surface area contributed by atoms with Crippen LogP contribution in [0.25, 0.3) is 86.9 Å². The zero-order valence-electron chi connectivity index (χ0n) is 23.6. The van der Waals surface area contributed by atoms with Crippen LogP contribution in [0.15, 0.2) is 150 Å². The van der Waals surface area contributed by atoms with Gasteiger partial charge in [0.05, 0.1) is 0 Å². The van der Waals surface area contributed by atoms with Gasteiger partial charge in [0.25, 0.3) is 0 Å². The van der Waals surface area contributed by atoms with E-state index in [-0.39, 0.29) is 0 Å². The summed E-state index contributed by atoms with van der Waals surface area (Å²) in [6.45, 7) is 0. The first-order valence-electron chi connectivity index (χ1n) is 14.6. The van der Waals surface area contributed by atoms with Gasteiger partial charge in [0.15, 0.2) is 5.58 Å². The van der Waals surface area contributed by atoms with E-state index in [1.807, 2.05) is 23.5 Å². The Morgan fingerprint density at radius 3 is 2.05 bits per heavy atom. The van der Waals surface area contributed by atoms with Gasteiger partial charge < -0.3 is 4.42 Å². The molecule has 9 rings (SSSR count). The van der Waals surface area contributed by atoms with E-state index in [0.29, 0.717) is 5.58 Å². The second-order valence-electron chi connectivity index (χ2n) is 11.0. The van der Waals surface area contributed by atoms with Crippen LogP contribution < -0.4 is 0 Å². The molecule has 0 spiro atoms. The van der Waals surface area contributed by atoms with Gasteiger partial charge in [0.2, 0.25) is 0 Å². The predicted molar refractivity (Wildman–Crippen MR) is 184 cm³/mol. The topological polar surface area (TPSA) is 38.9 Å². The largest absolute Gasteiger partial charge is 0.452 e. The minimum atomic E-state index is 0.705. The number of fused-ring (bicyclic) bond motifs is 6. The van der Waals surface area contributed by atoms with Gasteiger partial charge >= 0.3 is 0 Å². The maximum Gasteiger partial charge on any atom is 0.180 e. The molecule has 9 aromatic rings. The molecule has 0 atom stereocenters. The Labute approximate surface area is 257 Å². The van der Waals surface area contributed by atoms with Crippen molar-refractivity contribution in [3.63, 3.8) is 0 Å². The summed E-state index contributed by atoms with van der Waals surface area (Å²) in [5, 5.41) is 3.58. The van der Waals surface area contributed by atoms with Crippen LogP contribution in [0.3, 0.4) is 0 Å². The minimum Gasteiger partial charge on any atom is -0.452 e. The summed E-state index contributed by atoms with van der Waals surface area (Å²) in [6, 6.07) is 49.3. The van der Waals surface area contributed by atoms with Crippen molar-refractivity contribution in [1.29, 1.82) is 0 Å². The highest BCUT2D eigenvalue weighted by Crippen LogP contribution is 2.41. The van der Waals surface area contributed by atoms with E-state index in [1.165, 1.54) is 36.9 Å². The fourth-order valence-corrected chi connectivity index (χ4v) is 7.49. The number of aromatic nitrogens is 2. The van der Waals surface area contributed by atoms with E-state index in [2.05, 4.69) is 132 Å². The van der Waals surface area contributed by atoms with E-state index in [0.717, 1.165) is 44.4 Å². The summed E-state index contributed by atoms with van der Waals surface area (Å²) < 4.78 is 9.04. The van der Waals surface area contributed by atoms with E-state index < -0.39 is 0 Å². The number of hydrogen-bond acceptors (Lipinski definition) is 4. The van der Waals surface area contributed by atoms with Gasteiger partial charge in [-0.3, -0.25) is 0 Å². The summed E-state index contributed by atoms with van der Waals surface area (Å²) in [7, 11) is 0. The predicted octanol–water partition coefficient (Wildman–Crippen LogP) is 11.4. The van der Waals surface area contributed by atoms with Crippen LogP contribution in [-0.4, -0.2) is 9.97 Å². The molecule has 0 aliphatic heterocycles. The Bertz CT molecular complexity index is 2490. The Morgan fingerprint density at radius 1 is 0.477 bits per heavy atom. The van der Waals surface area contributed by atoms with Crippen LogP contribution in [0.1, 0.15) is 0 Å². The number of furan rings is 1. The van der Waals surface area contributed by atoms with Gasteiger partial charge in [-0.15, -0.1) is 11.3 Å². The first kappa shape index (κ1) is 25.0. The Balaban J connectivity index is 1.13. The molecule has 0 bridgehead atoms. The van der Waals surface area contributed by atoms with Crippen LogP contribution >= 0.6 is 11.3 Å². The second-order valence-corrected chi connectivity index (χ2v) is 12.1. The SMILES string of the molecule is c1ccc(-c2ccc(-c3ccc4oc5c(-c6cccc(-c7cccc8c7sc7ccccc78)c6)ncnc5c4c3)cc2)cc1. The van der Waals surface area contributed by atoms with Gasteiger partial charge in [-0.05, 0) is 57.6 Å². The molecule has 0 unspecified atom stereocenters. The van der Waals surface area contributed by atoms with Crippen molar-refractivity contribution >= 4 is 53.6 Å². The lowest BCUT2D eigenvalue weighted by molar-refractivity contribution is 0.667. The Kier molecular flexibility index (Phi) is 5.68. The molecule has 0 saturated carbocycles. The highest BCUT2D eigenvalue weighted by Gasteiger charge is 2.17. The lowest BCUT2D eigenvalue weighted by Gasteiger charge is -2.07. The molecular formula is C40H24N2OS. The monoisotopic (exact) mass is 580 g/mol. The molecule has 0 saturated heterocycles. The fraction of sp³-hybridized carbons (Fsp3) is 0. The van der Waals surface area contributed by atoms with E-state index in [4.69, 9.17) is 9.40 Å². The van der Waals surface area contributed by atoms with Crippen LogP contribution in [0.2, 0.25) is 0 Å². The standard InChI is InChI=1S/C40H24N2OS/c1-2-8-25(9-3-1)26-16-18-27(19-17-26)28-20-21-35-34(23-28)38-39(43-35)37(41-24-42-38)30-11-6-10-29(22-30)31-13-7-14-33-32-12-4-5-15-36(32)44-40(31)33/h1-24H. The van der Waals surface area contributed by atoms with E-state index >= 15 is 0 Å². The van der Waals surface area contributed by atoms with Crippen molar-refractivity contribution in [2.24, 2.45) is 0 Å². The molecule has 44 heavy (non-hydrogen) atoms. The fourth-order valence-electron chi connectivity index (χ4n) is 6.26. The third-order valence-electron chi connectivity index (χ3n) is 8.43. The lowest BCUT2D eigenvalue weighted by atomic mass is 9.99. The molecule has 6 aromatic carbocycles. The highest BCUT2D eigenvalue weighted by molar-refractivity contribution is 7.26. The third-order valence-corrected chi connectivity index (χ3v) is 9.65. The molecule has 0 N–H and O–H groups in total. The Hall–Kier alpha value is -5.58. The maximum atomic E-state index is 6.44. The summed E-state index contributed by atoms with van der Waals surface area (Å²) in [6.07, 6.45) is 1.65. The number of thiophene rings is 1. The normalized spacial score (nSPS) is 11.6. The molecule has 3 heterocycles. The van der Waals surface area contributed by atoms with Crippen molar-refractivity contribution in [3.8, 4) is 44.6 Å². The van der Waals surface area contributed by atoms with Gasteiger partial charge in [0, 0.05) is 31.1 Å². The average molecular weight is 581 g/mol. The average Bonchev–Trinajstić information content (AvgIpc) is 3.67. The first-order valence-corrected chi connectivity index (χ1v) is 15.5. The Morgan fingerprint density at radius 2 is 1.16 bits per heavy atom. The quantitative estimate of drug-likeness (QED) is 0.208. The zero-order valence-corrected chi connectivity index (χ0v) is 24.4. The van der Waals surface area contributed by atoms with Crippen LogP contribution in [0.4, 0.5) is 0 Å². The van der Waals surface area contributed by atoms with Crippen molar-refractivity contribution in [2.75, 3.05) is 0 Å². The molecule has 3 aromatic heterocycles. The summed E-state index contributed by atoms with van der Waals surface area (Å²) in [5.74, 6) is 0. The smallest absolute Gasteiger partial charge is 0.180 e. The molecular weight excluding hydrogens is 557 g/mol.